The maximum atomic E-state index is 12.4. The minimum atomic E-state index is -0.489. The predicted molar refractivity (Wildman–Crippen MR) is 87.7 cm³/mol. The van der Waals surface area contributed by atoms with Gasteiger partial charge >= 0.3 is 0 Å². The number of nitrogens with one attached hydrogen (secondary N) is 2. The van der Waals surface area contributed by atoms with Gasteiger partial charge in [0.1, 0.15) is 0 Å². The van der Waals surface area contributed by atoms with Crippen LogP contribution >= 0.6 is 12.4 Å². The van der Waals surface area contributed by atoms with Crippen molar-refractivity contribution in [3.8, 4) is 0 Å². The van der Waals surface area contributed by atoms with E-state index in [1.54, 1.807) is 6.07 Å². The van der Waals surface area contributed by atoms with Crippen LogP contribution in [0, 0.1) is 10.1 Å². The fraction of sp³-hybridized carbons (Fsp3) is 0.429. The van der Waals surface area contributed by atoms with Crippen LogP contribution in [0.15, 0.2) is 18.2 Å². The first kappa shape index (κ1) is 17.2. The number of hydrogen-bond donors (Lipinski definition) is 3. The van der Waals surface area contributed by atoms with Crippen LogP contribution in [0.4, 0.5) is 5.69 Å². The van der Waals surface area contributed by atoms with Crippen LogP contribution in [0.2, 0.25) is 0 Å². The van der Waals surface area contributed by atoms with E-state index in [2.05, 4.69) is 15.5 Å². The summed E-state index contributed by atoms with van der Waals surface area (Å²) in [6.07, 6.45) is 3.46. The van der Waals surface area contributed by atoms with Crippen LogP contribution in [0.1, 0.15) is 36.2 Å². The van der Waals surface area contributed by atoms with E-state index in [1.807, 2.05) is 0 Å². The van der Waals surface area contributed by atoms with E-state index in [0.29, 0.717) is 10.9 Å². The van der Waals surface area contributed by atoms with Crippen molar-refractivity contribution < 1.29 is 9.72 Å². The van der Waals surface area contributed by atoms with Gasteiger partial charge in [0.05, 0.1) is 10.4 Å². The Morgan fingerprint density at radius 3 is 2.70 bits per heavy atom. The van der Waals surface area contributed by atoms with E-state index in [9.17, 15) is 14.9 Å². The number of halogens is 1. The Morgan fingerprint density at radius 2 is 2.04 bits per heavy atom. The Labute approximate surface area is 138 Å². The summed E-state index contributed by atoms with van der Waals surface area (Å²) in [6, 6.07) is 4.59. The molecule has 23 heavy (non-hydrogen) atoms. The number of nitro benzene ring substituents is 1. The monoisotopic (exact) mass is 339 g/mol. The number of nitrogens with two attached hydrogens (primary N) is 1. The zero-order valence-electron chi connectivity index (χ0n) is 12.3. The number of amides is 1. The molecule has 2 aromatic rings. The molecule has 1 aliphatic carbocycles. The van der Waals surface area contributed by atoms with Crippen molar-refractivity contribution in [2.75, 3.05) is 0 Å². The SMILES string of the molecule is Cl.NC1CCC(NC(=O)c2n[nH]c3ccc([N+](=O)[O-])cc23)CC1. The van der Waals surface area contributed by atoms with E-state index < -0.39 is 4.92 Å². The molecule has 0 atom stereocenters. The van der Waals surface area contributed by atoms with Crippen molar-refractivity contribution >= 4 is 34.9 Å². The highest BCUT2D eigenvalue weighted by molar-refractivity contribution is 6.05. The van der Waals surface area contributed by atoms with Gasteiger partial charge in [0.25, 0.3) is 11.6 Å². The highest BCUT2D eigenvalue weighted by Crippen LogP contribution is 2.23. The van der Waals surface area contributed by atoms with Crippen molar-refractivity contribution in [2.24, 2.45) is 5.73 Å². The Hall–Kier alpha value is -2.19. The lowest BCUT2D eigenvalue weighted by molar-refractivity contribution is -0.384. The van der Waals surface area contributed by atoms with Crippen LogP contribution < -0.4 is 11.1 Å². The number of aromatic nitrogens is 2. The molecule has 3 rings (SSSR count). The minimum absolute atomic E-state index is 0. The quantitative estimate of drug-likeness (QED) is 0.581. The van der Waals surface area contributed by atoms with Crippen molar-refractivity contribution in [3.63, 3.8) is 0 Å². The number of nitro groups is 1. The van der Waals surface area contributed by atoms with Gasteiger partial charge in [-0.2, -0.15) is 5.10 Å². The molecule has 1 aliphatic rings. The number of rotatable bonds is 3. The Bertz CT molecular complexity index is 724. The van der Waals surface area contributed by atoms with Gasteiger partial charge < -0.3 is 11.1 Å². The van der Waals surface area contributed by atoms with Crippen molar-refractivity contribution in [1.29, 1.82) is 0 Å². The molecule has 0 aliphatic heterocycles. The molecule has 1 saturated carbocycles. The molecule has 1 amide bonds. The molecule has 1 fully saturated rings. The first-order chi connectivity index (χ1) is 10.5. The normalized spacial score (nSPS) is 20.7. The third-order valence-electron chi connectivity index (χ3n) is 4.08. The number of carbonyl (C=O) groups excluding carboxylic acids is 1. The Kier molecular flexibility index (Phi) is 5.17. The number of benzene rings is 1. The van der Waals surface area contributed by atoms with Gasteiger partial charge in [-0.15, -0.1) is 12.4 Å². The van der Waals surface area contributed by atoms with Gasteiger partial charge in [-0.1, -0.05) is 0 Å². The maximum Gasteiger partial charge on any atom is 0.272 e. The standard InChI is InChI=1S/C14H17N5O3.ClH/c15-8-1-3-9(4-2-8)16-14(20)13-11-7-10(19(21)22)5-6-12(11)17-18-13;/h5-9H,1-4,15H2,(H,16,20)(H,17,18);1H. The maximum absolute atomic E-state index is 12.4. The van der Waals surface area contributed by atoms with Crippen LogP contribution in [0.25, 0.3) is 10.9 Å². The van der Waals surface area contributed by atoms with Gasteiger partial charge in [-0.05, 0) is 31.7 Å². The molecular weight excluding hydrogens is 322 g/mol. The molecule has 9 heteroatoms. The largest absolute Gasteiger partial charge is 0.348 e. The zero-order chi connectivity index (χ0) is 15.7. The van der Waals surface area contributed by atoms with E-state index in [-0.39, 0.29) is 41.8 Å². The smallest absolute Gasteiger partial charge is 0.272 e. The molecular formula is C14H18ClN5O3. The number of non-ortho nitro benzene ring substituents is 1. The van der Waals surface area contributed by atoms with Gasteiger partial charge in [-0.25, -0.2) is 0 Å². The molecule has 1 heterocycles. The number of aromatic amines is 1. The van der Waals surface area contributed by atoms with Crippen LogP contribution in [0.3, 0.4) is 0 Å². The molecule has 0 radical (unpaired) electrons. The summed E-state index contributed by atoms with van der Waals surface area (Å²) in [5.41, 5.74) is 6.57. The van der Waals surface area contributed by atoms with Crippen molar-refractivity contribution in [2.45, 2.75) is 37.8 Å². The molecule has 0 spiro atoms. The molecule has 8 nitrogen and oxygen atoms in total. The van der Waals surface area contributed by atoms with Crippen molar-refractivity contribution in [1.82, 2.24) is 15.5 Å². The second kappa shape index (κ2) is 6.93. The number of hydrogen-bond acceptors (Lipinski definition) is 5. The third-order valence-corrected chi connectivity index (χ3v) is 4.08. The van der Waals surface area contributed by atoms with Gasteiger partial charge in [0.2, 0.25) is 0 Å². The van der Waals surface area contributed by atoms with Crippen LogP contribution in [0.5, 0.6) is 0 Å². The number of nitrogens with zero attached hydrogens (tertiary/aromatic N) is 2. The van der Waals surface area contributed by atoms with Crippen LogP contribution in [-0.4, -0.2) is 33.1 Å². The summed E-state index contributed by atoms with van der Waals surface area (Å²) in [5.74, 6) is -0.313. The number of H-pyrrole nitrogens is 1. The fourth-order valence-electron chi connectivity index (χ4n) is 2.81. The van der Waals surface area contributed by atoms with E-state index in [4.69, 9.17) is 5.73 Å². The van der Waals surface area contributed by atoms with E-state index >= 15 is 0 Å². The average Bonchev–Trinajstić information content (AvgIpc) is 2.92. The van der Waals surface area contributed by atoms with Crippen LogP contribution in [-0.2, 0) is 0 Å². The first-order valence-corrected chi connectivity index (χ1v) is 7.23. The molecule has 0 saturated heterocycles. The molecule has 124 valence electrons. The third kappa shape index (κ3) is 3.59. The summed E-state index contributed by atoms with van der Waals surface area (Å²) in [6.45, 7) is 0. The van der Waals surface area contributed by atoms with E-state index in [1.165, 1.54) is 12.1 Å². The Balaban J connectivity index is 0.00000192. The topological polar surface area (TPSA) is 127 Å². The van der Waals surface area contributed by atoms with Crippen molar-refractivity contribution in [3.05, 3.63) is 34.0 Å². The lowest BCUT2D eigenvalue weighted by Gasteiger charge is -2.26. The first-order valence-electron chi connectivity index (χ1n) is 7.23. The summed E-state index contributed by atoms with van der Waals surface area (Å²) in [7, 11) is 0. The number of carbonyl (C=O) groups is 1. The molecule has 0 unspecified atom stereocenters. The summed E-state index contributed by atoms with van der Waals surface area (Å²) >= 11 is 0. The van der Waals surface area contributed by atoms with Gasteiger partial charge in [0.15, 0.2) is 5.69 Å². The summed E-state index contributed by atoms with van der Waals surface area (Å²) in [5, 5.41) is 21.0. The lowest BCUT2D eigenvalue weighted by Crippen LogP contribution is -2.40. The second-order valence-corrected chi connectivity index (χ2v) is 5.64. The number of fused-ring (bicyclic) bond motifs is 1. The summed E-state index contributed by atoms with van der Waals surface area (Å²) in [4.78, 5) is 22.7. The van der Waals surface area contributed by atoms with E-state index in [0.717, 1.165) is 25.7 Å². The summed E-state index contributed by atoms with van der Waals surface area (Å²) < 4.78 is 0. The molecule has 0 bridgehead atoms. The lowest BCUT2D eigenvalue weighted by atomic mass is 9.92. The Morgan fingerprint density at radius 1 is 1.35 bits per heavy atom. The van der Waals surface area contributed by atoms with Gasteiger partial charge in [0, 0.05) is 29.6 Å². The fourth-order valence-corrected chi connectivity index (χ4v) is 2.81. The molecule has 1 aromatic heterocycles. The molecule has 1 aromatic carbocycles. The van der Waals surface area contributed by atoms with Gasteiger partial charge in [-0.3, -0.25) is 20.0 Å². The average molecular weight is 340 g/mol. The second-order valence-electron chi connectivity index (χ2n) is 5.64. The highest BCUT2D eigenvalue weighted by atomic mass is 35.5. The molecule has 4 N–H and O–H groups in total. The predicted octanol–water partition coefficient (Wildman–Crippen LogP) is 1.89. The zero-order valence-corrected chi connectivity index (χ0v) is 13.1. The highest BCUT2D eigenvalue weighted by Gasteiger charge is 2.23. The minimum Gasteiger partial charge on any atom is -0.348 e.